The quantitative estimate of drug-likeness (QED) is 0.791. The number of aromatic nitrogens is 4. The van der Waals surface area contributed by atoms with Crippen molar-refractivity contribution in [3.63, 3.8) is 0 Å². The first kappa shape index (κ1) is 16.2. The van der Waals surface area contributed by atoms with Gasteiger partial charge in [0.2, 0.25) is 5.91 Å². The highest BCUT2D eigenvalue weighted by atomic mass is 19.3. The standard InChI is InChI=1S/C13H20F2N6O2/c14-13(15)2-5-19(6-3-13)10-7-20(8-11(10)22)12(23)1-4-21-9-16-17-18-21/h9-11,22H,1-8H2/t10-,11-/m1/s1. The average molecular weight is 330 g/mol. The maximum Gasteiger partial charge on any atom is 0.250 e. The van der Waals surface area contributed by atoms with Crippen molar-refractivity contribution in [1.82, 2.24) is 30.0 Å². The molecular weight excluding hydrogens is 310 g/mol. The van der Waals surface area contributed by atoms with E-state index in [1.165, 1.54) is 11.0 Å². The number of amides is 1. The molecule has 0 aromatic carbocycles. The van der Waals surface area contributed by atoms with E-state index >= 15 is 0 Å². The van der Waals surface area contributed by atoms with Gasteiger partial charge in [-0.25, -0.2) is 13.5 Å². The number of β-amino-alcohol motifs (C(OH)–C–C–N with tert-alkyl or cyclic N) is 1. The smallest absolute Gasteiger partial charge is 0.250 e. The maximum atomic E-state index is 13.2. The molecule has 1 aromatic heterocycles. The van der Waals surface area contributed by atoms with Gasteiger partial charge in [0.05, 0.1) is 18.7 Å². The van der Waals surface area contributed by atoms with E-state index < -0.39 is 12.0 Å². The summed E-state index contributed by atoms with van der Waals surface area (Å²) in [5, 5.41) is 20.9. The molecule has 0 aliphatic carbocycles. The summed E-state index contributed by atoms with van der Waals surface area (Å²) < 4.78 is 27.9. The number of hydrogen-bond donors (Lipinski definition) is 1. The molecule has 128 valence electrons. The molecule has 0 radical (unpaired) electrons. The van der Waals surface area contributed by atoms with Crippen molar-refractivity contribution in [2.75, 3.05) is 26.2 Å². The van der Waals surface area contributed by atoms with Crippen LogP contribution in [-0.2, 0) is 11.3 Å². The van der Waals surface area contributed by atoms with Crippen molar-refractivity contribution >= 4 is 5.91 Å². The van der Waals surface area contributed by atoms with Gasteiger partial charge in [-0.1, -0.05) is 0 Å². The Balaban J connectivity index is 1.50. The van der Waals surface area contributed by atoms with Gasteiger partial charge < -0.3 is 10.0 Å². The van der Waals surface area contributed by atoms with Gasteiger partial charge in [-0.15, -0.1) is 5.10 Å². The van der Waals surface area contributed by atoms with E-state index in [-0.39, 0.29) is 50.8 Å². The molecule has 1 aromatic rings. The second-order valence-corrected chi connectivity index (χ2v) is 6.15. The Morgan fingerprint density at radius 1 is 1.30 bits per heavy atom. The zero-order valence-corrected chi connectivity index (χ0v) is 12.7. The predicted molar refractivity (Wildman–Crippen MR) is 74.6 cm³/mol. The number of carbonyl (C=O) groups excluding carboxylic acids is 1. The monoisotopic (exact) mass is 330 g/mol. The number of nitrogens with zero attached hydrogens (tertiary/aromatic N) is 6. The van der Waals surface area contributed by atoms with Gasteiger partial charge in [0.25, 0.3) is 5.92 Å². The number of tetrazole rings is 1. The summed E-state index contributed by atoms with van der Waals surface area (Å²) in [4.78, 5) is 15.7. The van der Waals surface area contributed by atoms with Crippen molar-refractivity contribution in [1.29, 1.82) is 0 Å². The SMILES string of the molecule is O=C(CCn1cnnn1)N1C[C@@H](O)[C@H](N2CCC(F)(F)CC2)C1. The largest absolute Gasteiger partial charge is 0.390 e. The van der Waals surface area contributed by atoms with Crippen LogP contribution < -0.4 is 0 Å². The fraction of sp³-hybridized carbons (Fsp3) is 0.846. The highest BCUT2D eigenvalue weighted by molar-refractivity contribution is 5.76. The van der Waals surface area contributed by atoms with Gasteiger partial charge in [-0.2, -0.15) is 0 Å². The molecule has 2 atom stereocenters. The molecule has 0 unspecified atom stereocenters. The molecule has 8 nitrogen and oxygen atoms in total. The van der Waals surface area contributed by atoms with Crippen molar-refractivity contribution in [2.24, 2.45) is 0 Å². The summed E-state index contributed by atoms with van der Waals surface area (Å²) in [5.74, 6) is -2.70. The van der Waals surface area contributed by atoms with Gasteiger partial charge in [0.1, 0.15) is 6.33 Å². The summed E-state index contributed by atoms with van der Waals surface area (Å²) in [7, 11) is 0. The fourth-order valence-corrected chi connectivity index (χ4v) is 3.17. The maximum absolute atomic E-state index is 13.2. The lowest BCUT2D eigenvalue weighted by Crippen LogP contribution is -2.49. The van der Waals surface area contributed by atoms with Crippen molar-refractivity contribution in [3.8, 4) is 0 Å². The molecule has 0 bridgehead atoms. The van der Waals surface area contributed by atoms with E-state index in [9.17, 15) is 18.7 Å². The molecule has 3 heterocycles. The number of aliphatic hydroxyl groups is 1. The normalized spacial score (nSPS) is 28.2. The van der Waals surface area contributed by atoms with Crippen LogP contribution in [0.3, 0.4) is 0 Å². The van der Waals surface area contributed by atoms with E-state index in [1.807, 2.05) is 4.90 Å². The Labute approximate surface area is 132 Å². The van der Waals surface area contributed by atoms with Crippen molar-refractivity contribution < 1.29 is 18.7 Å². The summed E-state index contributed by atoms with van der Waals surface area (Å²) in [6.45, 7) is 1.50. The van der Waals surface area contributed by atoms with Crippen LogP contribution in [-0.4, -0.2) is 85.3 Å². The van der Waals surface area contributed by atoms with E-state index in [1.54, 1.807) is 4.90 Å². The molecule has 2 fully saturated rings. The first-order valence-corrected chi connectivity index (χ1v) is 7.73. The Bertz CT molecular complexity index is 531. The van der Waals surface area contributed by atoms with Crippen LogP contribution in [0.2, 0.25) is 0 Å². The number of aliphatic hydroxyl groups excluding tert-OH is 1. The minimum atomic E-state index is -2.61. The van der Waals surface area contributed by atoms with Crippen LogP contribution in [0.15, 0.2) is 6.33 Å². The second-order valence-electron chi connectivity index (χ2n) is 6.15. The number of halogens is 2. The lowest BCUT2D eigenvalue weighted by molar-refractivity contribution is -0.131. The lowest BCUT2D eigenvalue weighted by Gasteiger charge is -2.36. The van der Waals surface area contributed by atoms with Crippen LogP contribution >= 0.6 is 0 Å². The van der Waals surface area contributed by atoms with Crippen molar-refractivity contribution in [2.45, 2.75) is 43.9 Å². The third kappa shape index (κ3) is 3.81. The van der Waals surface area contributed by atoms with Gasteiger partial charge in [-0.3, -0.25) is 9.69 Å². The molecule has 3 rings (SSSR count). The van der Waals surface area contributed by atoms with Gasteiger partial charge in [0.15, 0.2) is 0 Å². The number of hydrogen-bond acceptors (Lipinski definition) is 6. The first-order valence-electron chi connectivity index (χ1n) is 7.73. The number of likely N-dealkylation sites (tertiary alicyclic amines) is 2. The summed E-state index contributed by atoms with van der Waals surface area (Å²) in [6, 6.07) is -0.261. The van der Waals surface area contributed by atoms with E-state index in [4.69, 9.17) is 0 Å². The highest BCUT2D eigenvalue weighted by Crippen LogP contribution is 2.30. The molecule has 0 spiro atoms. The zero-order chi connectivity index (χ0) is 16.4. The molecule has 2 aliphatic heterocycles. The van der Waals surface area contributed by atoms with Crippen LogP contribution in [0.5, 0.6) is 0 Å². The molecule has 2 aliphatic rings. The van der Waals surface area contributed by atoms with Gasteiger partial charge in [0, 0.05) is 45.4 Å². The Morgan fingerprint density at radius 2 is 2.04 bits per heavy atom. The van der Waals surface area contributed by atoms with Gasteiger partial charge >= 0.3 is 0 Å². The van der Waals surface area contributed by atoms with Crippen LogP contribution in [0.1, 0.15) is 19.3 Å². The van der Waals surface area contributed by atoms with E-state index in [0.717, 1.165) is 0 Å². The average Bonchev–Trinajstić information content (AvgIpc) is 3.14. The second kappa shape index (κ2) is 6.44. The molecule has 0 saturated carbocycles. The van der Waals surface area contributed by atoms with Gasteiger partial charge in [-0.05, 0) is 10.4 Å². The highest BCUT2D eigenvalue weighted by Gasteiger charge is 2.42. The van der Waals surface area contributed by atoms with E-state index in [2.05, 4.69) is 15.5 Å². The van der Waals surface area contributed by atoms with Crippen LogP contribution in [0, 0.1) is 0 Å². The van der Waals surface area contributed by atoms with Crippen molar-refractivity contribution in [3.05, 3.63) is 6.33 Å². The Hall–Kier alpha value is -1.68. The molecule has 2 saturated heterocycles. The number of aryl methyl sites for hydroxylation is 1. The van der Waals surface area contributed by atoms with E-state index in [0.29, 0.717) is 13.1 Å². The zero-order valence-electron chi connectivity index (χ0n) is 12.7. The number of piperidine rings is 1. The Kier molecular flexibility index (Phi) is 4.53. The topological polar surface area (TPSA) is 87.4 Å². The first-order chi connectivity index (χ1) is 10.9. The minimum absolute atomic E-state index is 0.0932. The molecule has 1 N–H and O–H groups in total. The Morgan fingerprint density at radius 3 is 2.70 bits per heavy atom. The molecule has 1 amide bonds. The lowest BCUT2D eigenvalue weighted by atomic mass is 10.0. The number of rotatable bonds is 4. The molecule has 10 heteroatoms. The number of alkyl halides is 2. The summed E-state index contributed by atoms with van der Waals surface area (Å²) in [5.41, 5.74) is 0. The fourth-order valence-electron chi connectivity index (χ4n) is 3.17. The predicted octanol–water partition coefficient (Wildman–Crippen LogP) is -0.634. The number of carbonyl (C=O) groups is 1. The minimum Gasteiger partial charge on any atom is -0.390 e. The molecule has 23 heavy (non-hydrogen) atoms. The van der Waals surface area contributed by atoms with Crippen LogP contribution in [0.25, 0.3) is 0 Å². The summed E-state index contributed by atoms with van der Waals surface area (Å²) >= 11 is 0. The third-order valence-electron chi connectivity index (χ3n) is 4.56. The third-order valence-corrected chi connectivity index (χ3v) is 4.56. The molecular formula is C13H20F2N6O2. The summed E-state index contributed by atoms with van der Waals surface area (Å²) in [6.07, 6.45) is 0.594. The van der Waals surface area contributed by atoms with Crippen LogP contribution in [0.4, 0.5) is 8.78 Å².